The van der Waals surface area contributed by atoms with E-state index in [9.17, 15) is 4.79 Å². The highest BCUT2D eigenvalue weighted by Crippen LogP contribution is 2.17. The Bertz CT molecular complexity index is 646. The number of halogens is 1. The number of rotatable bonds is 7. The summed E-state index contributed by atoms with van der Waals surface area (Å²) < 4.78 is 0. The molecule has 0 saturated carbocycles. The van der Waals surface area contributed by atoms with E-state index in [0.29, 0.717) is 5.03 Å². The van der Waals surface area contributed by atoms with Crippen molar-refractivity contribution in [2.75, 3.05) is 18.4 Å². The molecule has 0 aromatic heterocycles. The van der Waals surface area contributed by atoms with Crippen LogP contribution in [0, 0.1) is 5.92 Å². The maximum atomic E-state index is 11.9. The van der Waals surface area contributed by atoms with E-state index in [-0.39, 0.29) is 11.9 Å². The van der Waals surface area contributed by atoms with Gasteiger partial charge in [-0.2, -0.15) is 0 Å². The number of urea groups is 1. The molecular formula is C19H25ClN4O. The number of hydrogen-bond donors (Lipinski definition) is 3. The molecule has 1 aliphatic heterocycles. The quantitative estimate of drug-likeness (QED) is 0.642. The number of allylic oxidation sites excluding steroid dienone is 2. The lowest BCUT2D eigenvalue weighted by Gasteiger charge is -2.10. The van der Waals surface area contributed by atoms with Crippen molar-refractivity contribution in [2.24, 2.45) is 10.9 Å². The van der Waals surface area contributed by atoms with E-state index < -0.39 is 0 Å². The van der Waals surface area contributed by atoms with E-state index in [1.165, 1.54) is 24.6 Å². The Morgan fingerprint density at radius 1 is 1.44 bits per heavy atom. The Balaban J connectivity index is 1.76. The number of benzene rings is 1. The minimum Gasteiger partial charge on any atom is -0.316 e. The Kier molecular flexibility index (Phi) is 7.70. The molecule has 1 saturated heterocycles. The standard InChI is InChI=1S/C19H25ClN4O/c1-3-17(20)13-22-14(2)23-19(25)24-18-8-6-15(7-9-18)4-5-16-10-11-21-12-16/h3,6-9,13,16,21H,2,4-5,10-12H2,1H3,(H2,23,24,25)/b17-3+,22-13-. The van der Waals surface area contributed by atoms with Crippen molar-refractivity contribution in [3.63, 3.8) is 0 Å². The van der Waals surface area contributed by atoms with E-state index in [1.807, 2.05) is 12.1 Å². The number of carbonyl (C=O) groups is 1. The van der Waals surface area contributed by atoms with E-state index in [4.69, 9.17) is 11.6 Å². The van der Waals surface area contributed by atoms with Crippen LogP contribution in [0.4, 0.5) is 10.5 Å². The Morgan fingerprint density at radius 3 is 2.84 bits per heavy atom. The molecule has 1 heterocycles. The van der Waals surface area contributed by atoms with Crippen LogP contribution in [0.15, 0.2) is 52.8 Å². The van der Waals surface area contributed by atoms with Crippen molar-refractivity contribution >= 4 is 29.5 Å². The van der Waals surface area contributed by atoms with Gasteiger partial charge >= 0.3 is 6.03 Å². The average molecular weight is 361 g/mol. The maximum absolute atomic E-state index is 11.9. The van der Waals surface area contributed by atoms with Crippen molar-refractivity contribution in [3.05, 3.63) is 53.3 Å². The molecule has 134 valence electrons. The predicted molar refractivity (Wildman–Crippen MR) is 105 cm³/mol. The molecule has 1 atom stereocenters. The highest BCUT2D eigenvalue weighted by atomic mass is 35.5. The Morgan fingerprint density at radius 2 is 2.20 bits per heavy atom. The lowest BCUT2D eigenvalue weighted by atomic mass is 9.99. The fourth-order valence-electron chi connectivity index (χ4n) is 2.63. The van der Waals surface area contributed by atoms with Gasteiger partial charge in [0.2, 0.25) is 0 Å². The third-order valence-electron chi connectivity index (χ3n) is 4.09. The highest BCUT2D eigenvalue weighted by molar-refractivity contribution is 6.39. The summed E-state index contributed by atoms with van der Waals surface area (Å²) in [6.45, 7) is 7.72. The first-order valence-corrected chi connectivity index (χ1v) is 8.87. The van der Waals surface area contributed by atoms with Gasteiger partial charge < -0.3 is 10.6 Å². The molecule has 25 heavy (non-hydrogen) atoms. The Hall–Kier alpha value is -2.11. The lowest BCUT2D eigenvalue weighted by molar-refractivity contribution is 0.254. The lowest BCUT2D eigenvalue weighted by Crippen LogP contribution is -2.27. The van der Waals surface area contributed by atoms with Crippen molar-refractivity contribution in [2.45, 2.75) is 26.2 Å². The topological polar surface area (TPSA) is 65.5 Å². The molecule has 5 nitrogen and oxygen atoms in total. The molecule has 1 aromatic rings. The van der Waals surface area contributed by atoms with Gasteiger partial charge in [0, 0.05) is 11.9 Å². The van der Waals surface area contributed by atoms with Crippen LogP contribution in [0.25, 0.3) is 0 Å². The zero-order valence-electron chi connectivity index (χ0n) is 14.5. The Labute approximate surface area is 154 Å². The number of aliphatic imine (C=N–C) groups is 1. The molecule has 6 heteroatoms. The minimum atomic E-state index is -0.386. The maximum Gasteiger partial charge on any atom is 0.324 e. The second-order valence-corrected chi connectivity index (χ2v) is 6.49. The van der Waals surface area contributed by atoms with Crippen molar-refractivity contribution in [1.29, 1.82) is 0 Å². The molecule has 1 unspecified atom stereocenters. The van der Waals surface area contributed by atoms with Gasteiger partial charge in [-0.25, -0.2) is 9.79 Å². The smallest absolute Gasteiger partial charge is 0.316 e. The molecule has 2 amide bonds. The number of hydrogen-bond acceptors (Lipinski definition) is 3. The number of aryl methyl sites for hydroxylation is 1. The molecule has 0 radical (unpaired) electrons. The average Bonchev–Trinajstić information content (AvgIpc) is 3.12. The van der Waals surface area contributed by atoms with E-state index in [0.717, 1.165) is 31.1 Å². The van der Waals surface area contributed by atoms with Gasteiger partial charge in [-0.05, 0) is 62.9 Å². The SMILES string of the molecule is C=C(/N=C\C(Cl)=C/C)NC(=O)Nc1ccc(CCC2CCNC2)cc1. The van der Waals surface area contributed by atoms with Gasteiger partial charge in [-0.1, -0.05) is 36.4 Å². The molecule has 1 aliphatic rings. The third kappa shape index (κ3) is 7.11. The zero-order valence-corrected chi connectivity index (χ0v) is 15.3. The van der Waals surface area contributed by atoms with Gasteiger partial charge in [-0.15, -0.1) is 0 Å². The summed E-state index contributed by atoms with van der Waals surface area (Å²) in [6, 6.07) is 7.53. The molecule has 1 fully saturated rings. The van der Waals surface area contributed by atoms with Crippen LogP contribution in [0.1, 0.15) is 25.3 Å². The second kappa shape index (κ2) is 10.0. The first-order valence-electron chi connectivity index (χ1n) is 8.49. The summed E-state index contributed by atoms with van der Waals surface area (Å²) in [4.78, 5) is 15.9. The summed E-state index contributed by atoms with van der Waals surface area (Å²) in [6.07, 6.45) is 6.66. The summed E-state index contributed by atoms with van der Waals surface area (Å²) >= 11 is 5.80. The number of anilines is 1. The van der Waals surface area contributed by atoms with Gasteiger partial charge in [-0.3, -0.25) is 5.32 Å². The highest BCUT2D eigenvalue weighted by Gasteiger charge is 2.13. The second-order valence-electron chi connectivity index (χ2n) is 6.05. The molecule has 0 bridgehead atoms. The van der Waals surface area contributed by atoms with Crippen molar-refractivity contribution in [3.8, 4) is 0 Å². The van der Waals surface area contributed by atoms with Crippen molar-refractivity contribution in [1.82, 2.24) is 10.6 Å². The van der Waals surface area contributed by atoms with Crippen molar-refractivity contribution < 1.29 is 4.79 Å². The summed E-state index contributed by atoms with van der Waals surface area (Å²) in [7, 11) is 0. The normalized spacial score (nSPS) is 17.7. The zero-order chi connectivity index (χ0) is 18.1. The van der Waals surface area contributed by atoms with Gasteiger partial charge in [0.1, 0.15) is 5.82 Å². The van der Waals surface area contributed by atoms with Crippen LogP contribution in [0.2, 0.25) is 0 Å². The van der Waals surface area contributed by atoms with Gasteiger partial charge in [0.05, 0.1) is 5.03 Å². The summed E-state index contributed by atoms with van der Waals surface area (Å²) in [5, 5.41) is 9.18. The van der Waals surface area contributed by atoms with Crippen LogP contribution in [-0.4, -0.2) is 25.3 Å². The molecule has 3 N–H and O–H groups in total. The monoisotopic (exact) mass is 360 g/mol. The minimum absolute atomic E-state index is 0.222. The number of nitrogens with one attached hydrogen (secondary N) is 3. The third-order valence-corrected chi connectivity index (χ3v) is 4.41. The number of amides is 2. The summed E-state index contributed by atoms with van der Waals surface area (Å²) in [5.41, 5.74) is 2.01. The first kappa shape index (κ1) is 19.2. The molecule has 0 spiro atoms. The summed E-state index contributed by atoms with van der Waals surface area (Å²) in [5.74, 6) is 1.01. The fourth-order valence-corrected chi connectivity index (χ4v) is 2.67. The molecule has 1 aromatic carbocycles. The molecule has 2 rings (SSSR count). The number of carbonyl (C=O) groups excluding carboxylic acids is 1. The van der Waals surface area contributed by atoms with Crippen LogP contribution in [-0.2, 0) is 6.42 Å². The fraction of sp³-hybridized carbons (Fsp3) is 0.368. The van der Waals surface area contributed by atoms with E-state index >= 15 is 0 Å². The first-order chi connectivity index (χ1) is 12.1. The van der Waals surface area contributed by atoms with Crippen LogP contribution >= 0.6 is 11.6 Å². The van der Waals surface area contributed by atoms with E-state index in [2.05, 4.69) is 39.7 Å². The van der Waals surface area contributed by atoms with Crippen LogP contribution in [0.3, 0.4) is 0 Å². The van der Waals surface area contributed by atoms with Gasteiger partial charge in [0.25, 0.3) is 0 Å². The largest absolute Gasteiger partial charge is 0.324 e. The van der Waals surface area contributed by atoms with Crippen LogP contribution in [0.5, 0.6) is 0 Å². The molecule has 0 aliphatic carbocycles. The van der Waals surface area contributed by atoms with Gasteiger partial charge in [0.15, 0.2) is 0 Å². The predicted octanol–water partition coefficient (Wildman–Crippen LogP) is 4.03. The number of nitrogens with zero attached hydrogens (tertiary/aromatic N) is 1. The van der Waals surface area contributed by atoms with Crippen LogP contribution < -0.4 is 16.0 Å². The molecular weight excluding hydrogens is 336 g/mol. The van der Waals surface area contributed by atoms with E-state index in [1.54, 1.807) is 13.0 Å².